The molecule has 18 heteroatoms. The number of fused-ring (bicyclic) bond motifs is 6. The van der Waals surface area contributed by atoms with Crippen molar-refractivity contribution in [3.05, 3.63) is 89.6 Å². The lowest BCUT2D eigenvalue weighted by atomic mass is 9.82. The largest absolute Gasteiger partial charge is 1.00 e. The van der Waals surface area contributed by atoms with Crippen LogP contribution < -0.4 is 22.1 Å². The van der Waals surface area contributed by atoms with Crippen molar-refractivity contribution in [2.75, 3.05) is 52.4 Å². The number of hydrogen-bond acceptors (Lipinski definition) is 12. The highest BCUT2D eigenvalue weighted by Crippen LogP contribution is 2.43. The van der Waals surface area contributed by atoms with Crippen molar-refractivity contribution >= 4 is 63.3 Å². The van der Waals surface area contributed by atoms with Gasteiger partial charge in [-0.05, 0) is 58.6 Å². The van der Waals surface area contributed by atoms with Crippen LogP contribution in [0.15, 0.2) is 70.1 Å². The summed E-state index contributed by atoms with van der Waals surface area (Å²) in [4.78, 5) is 38.0. The number of halogens is 4. The van der Waals surface area contributed by atoms with E-state index in [1.54, 1.807) is 0 Å². The van der Waals surface area contributed by atoms with E-state index >= 15 is 0 Å². The van der Waals surface area contributed by atoms with Crippen molar-refractivity contribution in [3.63, 3.8) is 0 Å². The number of ether oxygens (including phenoxy) is 2. The van der Waals surface area contributed by atoms with Crippen LogP contribution in [0, 0.1) is 17.8 Å². The second-order valence-corrected chi connectivity index (χ2v) is 22.1. The fraction of sp³-hybridized carbons (Fsp3) is 0.596. The van der Waals surface area contributed by atoms with Crippen LogP contribution in [0.1, 0.15) is 98.1 Å². The fourth-order valence-electron chi connectivity index (χ4n) is 10.1. The molecule has 4 aromatic rings. The molecule has 0 aliphatic carbocycles. The van der Waals surface area contributed by atoms with Gasteiger partial charge in [0.15, 0.2) is 12.2 Å². The first-order valence-corrected chi connectivity index (χ1v) is 26.0. The van der Waals surface area contributed by atoms with Crippen molar-refractivity contribution in [3.8, 4) is 0 Å². The number of hydrogen-bond donors (Lipinski definition) is 2. The number of nitrogens with zero attached hydrogens (tertiary/aromatic N) is 2. The van der Waals surface area contributed by atoms with E-state index in [4.69, 9.17) is 19.4 Å². The third-order valence-corrected chi connectivity index (χ3v) is 17.3. The zero-order chi connectivity index (χ0) is 46.2. The topological polar surface area (TPSA) is 133 Å². The first kappa shape index (κ1) is 53.3. The predicted octanol–water partition coefficient (Wildman–Crippen LogP) is 5.32. The summed E-state index contributed by atoms with van der Waals surface area (Å²) in [7, 11) is 0. The Hall–Kier alpha value is -2.68. The van der Waals surface area contributed by atoms with Crippen molar-refractivity contribution in [1.29, 1.82) is 0 Å². The molecule has 2 N–H and O–H groups in total. The van der Waals surface area contributed by atoms with Gasteiger partial charge in [0.25, 0.3) is 0 Å². The first-order valence-electron chi connectivity index (χ1n) is 22.5. The number of alkyl halides is 3. The maximum Gasteiger partial charge on any atom is 0.430 e. The highest BCUT2D eigenvalue weighted by molar-refractivity contribution is 7.12. The number of aliphatic carboxylic acids is 1. The van der Waals surface area contributed by atoms with Gasteiger partial charge in [-0.3, -0.25) is 0 Å². The van der Waals surface area contributed by atoms with E-state index in [1.807, 2.05) is 70.1 Å². The molecule has 4 bridgehead atoms. The van der Waals surface area contributed by atoms with Gasteiger partial charge < -0.3 is 55.5 Å². The number of carbonyl (C=O) groups is 3. The molecule has 65 heavy (non-hydrogen) atoms. The van der Waals surface area contributed by atoms with Gasteiger partial charge >= 0.3 is 18.1 Å². The Morgan fingerprint density at radius 1 is 0.677 bits per heavy atom. The van der Waals surface area contributed by atoms with E-state index in [9.17, 15) is 33.0 Å². The Morgan fingerprint density at radius 2 is 1.03 bits per heavy atom. The minimum Gasteiger partial charge on any atom is -1.00 e. The Balaban J connectivity index is 0.000000211. The van der Waals surface area contributed by atoms with Gasteiger partial charge in [-0.15, -0.1) is 45.3 Å². The van der Waals surface area contributed by atoms with Crippen LogP contribution in [-0.4, -0.2) is 108 Å². The summed E-state index contributed by atoms with van der Waals surface area (Å²) in [6, 6.07) is 14.8. The number of quaternary nitrogens is 2. The standard InChI is InChI=1S/C24H34NO3S2.C21H28NO3S2.C2HF3O2.BrH/c1-2-3-4-5-6-13-25-14-11-19(12-15-25)20(18-25)28-23(26)24(27,21-9-7-16-29-21)22-10-8-17-30-22;1-15(2)13-22-9-7-16(8-10-22)17(14-22)25-20(23)21(24,18-5-3-11-26-18)19-6-4-12-27-19;3-2(4,5)1(6)7;/h7-10,16-17,19-20,27H,2-6,11-15,18H2,1H3;3-6,11-12,15-17,24H,7-10,13-14H2,1-2H3;(H,6,7);1H/q2*+1;;/p-2/t19?,20-,25?;16?,17-,22?;;/m00../s1. The molecule has 4 aromatic heterocycles. The molecule has 0 spiro atoms. The highest BCUT2D eigenvalue weighted by Gasteiger charge is 2.53. The molecule has 2 atom stereocenters. The van der Waals surface area contributed by atoms with E-state index in [1.165, 1.54) is 110 Å². The quantitative estimate of drug-likeness (QED) is 0.0876. The lowest BCUT2D eigenvalue weighted by Gasteiger charge is -2.53. The van der Waals surface area contributed by atoms with Gasteiger partial charge in [-0.2, -0.15) is 13.2 Å². The van der Waals surface area contributed by atoms with Crippen LogP contribution in [0.4, 0.5) is 13.2 Å². The molecule has 0 unspecified atom stereocenters. The molecule has 6 fully saturated rings. The Labute approximate surface area is 407 Å². The number of carboxylic acids is 1. The number of unbranched alkanes of at least 4 members (excludes halogenated alkanes) is 4. The zero-order valence-corrected chi connectivity index (χ0v) is 42.1. The van der Waals surface area contributed by atoms with Gasteiger partial charge in [0, 0.05) is 43.4 Å². The number of piperidine rings is 6. The fourth-order valence-corrected chi connectivity index (χ4v) is 13.6. The monoisotopic (exact) mass is 1050 g/mol. The summed E-state index contributed by atoms with van der Waals surface area (Å²) in [6.45, 7) is 15.7. The van der Waals surface area contributed by atoms with Crippen LogP contribution in [0.25, 0.3) is 0 Å². The molecule has 10 nitrogen and oxygen atoms in total. The normalized spacial score (nSPS) is 24.8. The molecule has 10 rings (SSSR count). The molecule has 6 aliphatic heterocycles. The van der Waals surface area contributed by atoms with Gasteiger partial charge in [-0.1, -0.05) is 64.3 Å². The number of esters is 2. The maximum atomic E-state index is 13.4. The summed E-state index contributed by atoms with van der Waals surface area (Å²) >= 11 is 5.59. The maximum absolute atomic E-state index is 13.4. The van der Waals surface area contributed by atoms with E-state index in [2.05, 4.69) is 20.8 Å². The third-order valence-electron chi connectivity index (χ3n) is 13.4. The summed E-state index contributed by atoms with van der Waals surface area (Å²) in [6.07, 6.45) is 5.61. The average Bonchev–Trinajstić information content (AvgIpc) is 4.13. The van der Waals surface area contributed by atoms with Crippen LogP contribution in [0.5, 0.6) is 0 Å². The van der Waals surface area contributed by atoms with Gasteiger partial charge in [0.1, 0.15) is 19.1 Å². The third kappa shape index (κ3) is 12.7. The Kier molecular flexibility index (Phi) is 18.9. The van der Waals surface area contributed by atoms with Crippen molar-refractivity contribution in [2.24, 2.45) is 17.8 Å². The van der Waals surface area contributed by atoms with E-state index in [0.29, 0.717) is 37.3 Å². The SMILES string of the molecule is CC(C)C[N+]12CCC(CC1)[C@@H](OC(=O)C(O)(c1cccs1)c1cccs1)C2.CCCCCCC[N+]12CCC(CC1)[C@@H](OC(=O)C(O)(c1cccs1)c1cccs1)C2.O=C([O-])C(F)(F)F.[Br-]. The van der Waals surface area contributed by atoms with E-state index < -0.39 is 35.3 Å². The summed E-state index contributed by atoms with van der Waals surface area (Å²) < 4.78 is 45.9. The predicted molar refractivity (Wildman–Crippen MR) is 243 cm³/mol. The number of aliphatic hydroxyl groups is 2. The van der Waals surface area contributed by atoms with E-state index in [0.717, 1.165) is 54.3 Å². The Morgan fingerprint density at radius 3 is 1.35 bits per heavy atom. The number of carbonyl (C=O) groups excluding carboxylic acids is 3. The molecular formula is C47H62BrF3N2O8S4. The van der Waals surface area contributed by atoms with Crippen LogP contribution in [-0.2, 0) is 35.1 Å². The van der Waals surface area contributed by atoms with Crippen molar-refractivity contribution in [1.82, 2.24) is 0 Å². The minimum atomic E-state index is -5.19. The number of thiophene rings is 4. The van der Waals surface area contributed by atoms with Gasteiger partial charge in [-0.25, -0.2) is 9.59 Å². The smallest absolute Gasteiger partial charge is 0.430 e. The van der Waals surface area contributed by atoms with Gasteiger partial charge in [0.2, 0.25) is 11.2 Å². The summed E-state index contributed by atoms with van der Waals surface area (Å²) in [5.41, 5.74) is -3.39. The minimum absolute atomic E-state index is 0. The van der Waals surface area contributed by atoms with Crippen LogP contribution in [0.3, 0.4) is 0 Å². The molecular weight excluding hydrogens is 986 g/mol. The second-order valence-electron chi connectivity index (χ2n) is 18.3. The summed E-state index contributed by atoms with van der Waals surface area (Å²) in [5, 5.41) is 39.3. The van der Waals surface area contributed by atoms with Crippen molar-refractivity contribution in [2.45, 2.75) is 108 Å². The zero-order valence-electron chi connectivity index (χ0n) is 37.2. The molecule has 6 aliphatic rings. The number of carboxylic acid groups (broad SMARTS) is 1. The Bertz CT molecular complexity index is 1980. The second kappa shape index (κ2) is 23.1. The van der Waals surface area contributed by atoms with Crippen LogP contribution in [0.2, 0.25) is 0 Å². The number of rotatable bonds is 16. The molecule has 0 radical (unpaired) electrons. The molecule has 6 saturated heterocycles. The molecule has 0 amide bonds. The first-order chi connectivity index (χ1) is 30.4. The lowest BCUT2D eigenvalue weighted by molar-refractivity contribution is -0.948. The molecule has 10 heterocycles. The van der Waals surface area contributed by atoms with E-state index in [-0.39, 0.29) is 29.2 Å². The highest BCUT2D eigenvalue weighted by atomic mass is 79.9. The average molecular weight is 1050 g/mol. The lowest BCUT2D eigenvalue weighted by Crippen LogP contribution is -3.00. The van der Waals surface area contributed by atoms with Crippen LogP contribution >= 0.6 is 45.3 Å². The summed E-state index contributed by atoms with van der Waals surface area (Å²) in [5.74, 6) is -2.54. The molecule has 360 valence electrons. The molecule has 0 saturated carbocycles. The van der Waals surface area contributed by atoms with Gasteiger partial charge in [0.05, 0.1) is 58.8 Å². The van der Waals surface area contributed by atoms with Crippen molar-refractivity contribution < 1.29 is 78.3 Å². The molecule has 0 aromatic carbocycles.